The van der Waals surface area contributed by atoms with Crippen LogP contribution in [0.4, 0.5) is 0 Å². The summed E-state index contributed by atoms with van der Waals surface area (Å²) in [6, 6.07) is 14.4. The first-order valence-electron chi connectivity index (χ1n) is 7.34. The van der Waals surface area contributed by atoms with Crippen LogP contribution in [0.2, 0.25) is 0 Å². The second-order valence-electron chi connectivity index (χ2n) is 5.16. The Bertz CT molecular complexity index is 730. The summed E-state index contributed by atoms with van der Waals surface area (Å²) < 4.78 is 5.40. The Morgan fingerprint density at radius 3 is 2.81 bits per heavy atom. The number of fused-ring (bicyclic) bond motifs is 1. The molecule has 1 N–H and O–H groups in total. The number of benzene rings is 2. The van der Waals surface area contributed by atoms with Gasteiger partial charge in [0.2, 0.25) is 11.7 Å². The zero-order chi connectivity index (χ0) is 14.7. The van der Waals surface area contributed by atoms with E-state index >= 15 is 0 Å². The normalized spacial score (nSPS) is 12.7. The summed E-state index contributed by atoms with van der Waals surface area (Å²) in [4.78, 5) is 4.54. The zero-order valence-electron chi connectivity index (χ0n) is 12.3. The van der Waals surface area contributed by atoms with Crippen molar-refractivity contribution >= 4 is 10.8 Å². The summed E-state index contributed by atoms with van der Waals surface area (Å²) >= 11 is 0. The monoisotopic (exact) mass is 281 g/mol. The average molecular weight is 281 g/mol. The number of rotatable bonds is 5. The molecule has 3 aromatic rings. The molecule has 3 rings (SSSR count). The molecule has 0 amide bonds. The third kappa shape index (κ3) is 2.81. The van der Waals surface area contributed by atoms with E-state index in [0.29, 0.717) is 11.7 Å². The van der Waals surface area contributed by atoms with Crippen LogP contribution in [0.15, 0.2) is 47.0 Å². The molecule has 0 spiro atoms. The molecule has 0 aliphatic carbocycles. The van der Waals surface area contributed by atoms with Crippen LogP contribution < -0.4 is 5.32 Å². The van der Waals surface area contributed by atoms with Crippen molar-refractivity contribution in [1.29, 1.82) is 0 Å². The highest BCUT2D eigenvalue weighted by atomic mass is 16.5. The van der Waals surface area contributed by atoms with Crippen molar-refractivity contribution in [1.82, 2.24) is 15.5 Å². The van der Waals surface area contributed by atoms with Gasteiger partial charge in [0.25, 0.3) is 0 Å². The van der Waals surface area contributed by atoms with E-state index < -0.39 is 0 Å². The van der Waals surface area contributed by atoms with Crippen LogP contribution in [0.1, 0.15) is 32.2 Å². The van der Waals surface area contributed by atoms with Crippen molar-refractivity contribution in [3.05, 3.63) is 48.4 Å². The predicted octanol–water partition coefficient (Wildman–Crippen LogP) is 3.95. The van der Waals surface area contributed by atoms with E-state index in [4.69, 9.17) is 4.52 Å². The van der Waals surface area contributed by atoms with Crippen molar-refractivity contribution in [2.75, 3.05) is 6.54 Å². The third-order valence-electron chi connectivity index (χ3n) is 3.54. The van der Waals surface area contributed by atoms with E-state index in [0.717, 1.165) is 23.9 Å². The molecule has 0 radical (unpaired) electrons. The second-order valence-corrected chi connectivity index (χ2v) is 5.16. The van der Waals surface area contributed by atoms with Crippen LogP contribution in [0, 0.1) is 0 Å². The van der Waals surface area contributed by atoms with E-state index in [1.54, 1.807) is 0 Å². The fraction of sp³-hybridized carbons (Fsp3) is 0.294. The highest BCUT2D eigenvalue weighted by Gasteiger charge is 2.15. The second kappa shape index (κ2) is 6.06. The van der Waals surface area contributed by atoms with Crippen molar-refractivity contribution in [3.8, 4) is 11.4 Å². The fourth-order valence-electron chi connectivity index (χ4n) is 2.39. The van der Waals surface area contributed by atoms with E-state index in [9.17, 15) is 0 Å². The van der Waals surface area contributed by atoms with Gasteiger partial charge in [-0.05, 0) is 30.7 Å². The molecule has 108 valence electrons. The number of nitrogens with zero attached hydrogens (tertiary/aromatic N) is 2. The maximum Gasteiger partial charge on any atom is 0.243 e. The molecule has 0 bridgehead atoms. The van der Waals surface area contributed by atoms with E-state index in [1.807, 2.05) is 31.2 Å². The van der Waals surface area contributed by atoms with E-state index in [1.165, 1.54) is 5.39 Å². The Morgan fingerprint density at radius 1 is 1.14 bits per heavy atom. The molecular weight excluding hydrogens is 262 g/mol. The van der Waals surface area contributed by atoms with Crippen molar-refractivity contribution in [2.45, 2.75) is 26.3 Å². The molecule has 21 heavy (non-hydrogen) atoms. The minimum absolute atomic E-state index is 0.0705. The molecular formula is C17H19N3O. The zero-order valence-corrected chi connectivity index (χ0v) is 12.3. The van der Waals surface area contributed by atoms with Crippen LogP contribution >= 0.6 is 0 Å². The SMILES string of the molecule is CCCNC(C)c1nc(-c2cccc3ccccc23)no1. The van der Waals surface area contributed by atoms with Gasteiger partial charge in [-0.25, -0.2) is 0 Å². The number of nitrogens with one attached hydrogen (secondary N) is 1. The van der Waals surface area contributed by atoms with Crippen LogP contribution in [-0.2, 0) is 0 Å². The number of hydrogen-bond donors (Lipinski definition) is 1. The van der Waals surface area contributed by atoms with Crippen molar-refractivity contribution in [2.24, 2.45) is 0 Å². The summed E-state index contributed by atoms with van der Waals surface area (Å²) in [7, 11) is 0. The molecule has 0 saturated heterocycles. The summed E-state index contributed by atoms with van der Waals surface area (Å²) in [6.07, 6.45) is 1.08. The maximum absolute atomic E-state index is 5.40. The molecule has 2 aromatic carbocycles. The molecule has 0 saturated carbocycles. The topological polar surface area (TPSA) is 51.0 Å². The van der Waals surface area contributed by atoms with Crippen LogP contribution in [0.3, 0.4) is 0 Å². The molecule has 4 heteroatoms. The molecule has 1 unspecified atom stereocenters. The van der Waals surface area contributed by atoms with Gasteiger partial charge in [-0.1, -0.05) is 54.5 Å². The summed E-state index contributed by atoms with van der Waals surface area (Å²) in [5.74, 6) is 1.28. The maximum atomic E-state index is 5.40. The van der Waals surface area contributed by atoms with Crippen LogP contribution in [-0.4, -0.2) is 16.7 Å². The Labute approximate surface area is 124 Å². The first-order chi connectivity index (χ1) is 10.3. The largest absolute Gasteiger partial charge is 0.337 e. The standard InChI is InChI=1S/C17H19N3O/c1-3-11-18-12(2)17-19-16(20-21-17)15-10-6-8-13-7-4-5-9-14(13)15/h4-10,12,18H,3,11H2,1-2H3. The van der Waals surface area contributed by atoms with Gasteiger partial charge in [0.05, 0.1) is 6.04 Å². The Morgan fingerprint density at radius 2 is 1.95 bits per heavy atom. The van der Waals surface area contributed by atoms with Gasteiger partial charge in [-0.2, -0.15) is 4.98 Å². The molecule has 1 heterocycles. The lowest BCUT2D eigenvalue weighted by Crippen LogP contribution is -2.19. The number of aromatic nitrogens is 2. The van der Waals surface area contributed by atoms with Crippen LogP contribution in [0.5, 0.6) is 0 Å². The first-order valence-corrected chi connectivity index (χ1v) is 7.34. The molecule has 1 aromatic heterocycles. The quantitative estimate of drug-likeness (QED) is 0.769. The summed E-state index contributed by atoms with van der Waals surface area (Å²) in [5.41, 5.74) is 1.01. The minimum atomic E-state index is 0.0705. The highest BCUT2D eigenvalue weighted by molar-refractivity contribution is 5.94. The molecule has 1 atom stereocenters. The van der Waals surface area contributed by atoms with Gasteiger partial charge in [0, 0.05) is 5.56 Å². The van der Waals surface area contributed by atoms with Gasteiger partial charge < -0.3 is 9.84 Å². The van der Waals surface area contributed by atoms with Gasteiger partial charge >= 0.3 is 0 Å². The van der Waals surface area contributed by atoms with Gasteiger partial charge in [0.15, 0.2) is 0 Å². The van der Waals surface area contributed by atoms with E-state index in [2.05, 4.69) is 40.6 Å². The lowest BCUT2D eigenvalue weighted by atomic mass is 10.0. The lowest BCUT2D eigenvalue weighted by Gasteiger charge is -2.07. The summed E-state index contributed by atoms with van der Waals surface area (Å²) in [5, 5.41) is 9.81. The molecule has 4 nitrogen and oxygen atoms in total. The van der Waals surface area contributed by atoms with Crippen molar-refractivity contribution in [3.63, 3.8) is 0 Å². The fourth-order valence-corrected chi connectivity index (χ4v) is 2.39. The van der Waals surface area contributed by atoms with Gasteiger partial charge in [0.1, 0.15) is 0 Å². The average Bonchev–Trinajstić information content (AvgIpc) is 3.02. The highest BCUT2D eigenvalue weighted by Crippen LogP contribution is 2.27. The smallest absolute Gasteiger partial charge is 0.243 e. The molecule has 0 aliphatic heterocycles. The van der Waals surface area contributed by atoms with Gasteiger partial charge in [-0.15, -0.1) is 0 Å². The Balaban J connectivity index is 1.95. The molecule has 0 aliphatic rings. The molecule has 0 fully saturated rings. The van der Waals surface area contributed by atoms with Crippen LogP contribution in [0.25, 0.3) is 22.2 Å². The lowest BCUT2D eigenvalue weighted by molar-refractivity contribution is 0.340. The minimum Gasteiger partial charge on any atom is -0.337 e. The van der Waals surface area contributed by atoms with Crippen molar-refractivity contribution < 1.29 is 4.52 Å². The Kier molecular flexibility index (Phi) is 3.97. The van der Waals surface area contributed by atoms with E-state index in [-0.39, 0.29) is 6.04 Å². The number of hydrogen-bond acceptors (Lipinski definition) is 4. The Hall–Kier alpha value is -2.20. The third-order valence-corrected chi connectivity index (χ3v) is 3.54. The summed E-state index contributed by atoms with van der Waals surface area (Å²) in [6.45, 7) is 5.11. The predicted molar refractivity (Wildman–Crippen MR) is 83.9 cm³/mol. The van der Waals surface area contributed by atoms with Gasteiger partial charge in [-0.3, -0.25) is 0 Å². The first kappa shape index (κ1) is 13.8.